The van der Waals surface area contributed by atoms with Crippen molar-refractivity contribution in [2.75, 3.05) is 0 Å². The van der Waals surface area contributed by atoms with Crippen molar-refractivity contribution in [3.05, 3.63) is 194 Å². The number of fused-ring (bicyclic) bond motifs is 14. The van der Waals surface area contributed by atoms with Crippen LogP contribution in [0.5, 0.6) is 11.5 Å². The Balaban J connectivity index is 1.03. The molecule has 0 fully saturated rings. The van der Waals surface area contributed by atoms with Gasteiger partial charge in [-0.25, -0.2) is 0 Å². The van der Waals surface area contributed by atoms with Crippen molar-refractivity contribution < 1.29 is 17.4 Å². The van der Waals surface area contributed by atoms with Crippen molar-refractivity contribution in [3.8, 4) is 22.6 Å². The number of para-hydroxylation sites is 2. The lowest BCUT2D eigenvalue weighted by Crippen LogP contribution is -1.89. The average Bonchev–Trinajstić information content (AvgIpc) is 3.50. The first kappa shape index (κ1) is 33.2. The van der Waals surface area contributed by atoms with Crippen molar-refractivity contribution in [1.82, 2.24) is 0 Å². The molecule has 0 aliphatic heterocycles. The lowest BCUT2D eigenvalue weighted by atomic mass is 9.99. The van der Waals surface area contributed by atoms with Gasteiger partial charge in [-0.3, -0.25) is 0 Å². The topological polar surface area (TPSA) is 44.7 Å². The van der Waals surface area contributed by atoms with Crippen LogP contribution in [-0.2, 0) is 0 Å². The number of hydrogen-bond donors (Lipinski definition) is 0. The molecule has 0 bridgehead atoms. The largest absolute Gasteiger partial charge is 0.453 e. The lowest BCUT2D eigenvalue weighted by Gasteiger charge is -2.14. The van der Waals surface area contributed by atoms with Gasteiger partial charge in [-0.15, -0.1) is 0 Å². The zero-order valence-electron chi connectivity index (χ0n) is 31.0. The van der Waals surface area contributed by atoms with Crippen LogP contribution in [0.4, 0.5) is 0 Å². The van der Waals surface area contributed by atoms with Gasteiger partial charge in [-0.1, -0.05) is 158 Å². The monoisotopic (exact) mass is 782 g/mol. The Hall–Kier alpha value is -6.96. The first-order valence-corrected chi connectivity index (χ1v) is 21.7. The van der Waals surface area contributed by atoms with Crippen LogP contribution in [0.25, 0.3) is 97.2 Å². The van der Waals surface area contributed by atoms with Crippen molar-refractivity contribution in [3.63, 3.8) is 0 Å². The summed E-state index contributed by atoms with van der Waals surface area (Å²) in [5.74, 6) is 1.43. The first-order valence-electron chi connectivity index (χ1n) is 19.4. The molecule has 0 radical (unpaired) electrons. The number of benzene rings is 10. The van der Waals surface area contributed by atoms with Crippen molar-refractivity contribution in [2.45, 2.75) is 0 Å². The van der Waals surface area contributed by atoms with Gasteiger partial charge >= 0.3 is 8.24 Å². The van der Waals surface area contributed by atoms with Gasteiger partial charge in [0.15, 0.2) is 0 Å². The molecule has 0 saturated carbocycles. The third kappa shape index (κ3) is 5.23. The summed E-state index contributed by atoms with van der Waals surface area (Å²) in [5.41, 5.74) is 3.27. The Labute approximate surface area is 334 Å². The molecule has 58 heavy (non-hydrogen) atoms. The Kier molecular flexibility index (Phi) is 7.63. The van der Waals surface area contributed by atoms with Crippen molar-refractivity contribution >= 4 is 102 Å². The second kappa shape index (κ2) is 13.3. The van der Waals surface area contributed by atoms with Crippen LogP contribution < -0.4 is 9.05 Å². The van der Waals surface area contributed by atoms with E-state index in [1.54, 1.807) is 0 Å². The van der Waals surface area contributed by atoms with E-state index in [4.69, 9.17) is 17.4 Å². The van der Waals surface area contributed by atoms with E-state index in [0.717, 1.165) is 60.4 Å². The van der Waals surface area contributed by atoms with Crippen molar-refractivity contribution in [1.29, 1.82) is 0 Å². The number of rotatable bonds is 5. The van der Waals surface area contributed by atoms with E-state index in [1.807, 2.05) is 36.4 Å². The molecule has 0 amide bonds. The van der Waals surface area contributed by atoms with Crippen LogP contribution >= 0.6 is 16.0 Å². The van der Waals surface area contributed by atoms with E-state index >= 15 is 0 Å². The fourth-order valence-corrected chi connectivity index (χ4v) is 11.9. The minimum absolute atomic E-state index is 0.647. The van der Waals surface area contributed by atoms with Crippen LogP contribution in [0.15, 0.2) is 203 Å². The zero-order chi connectivity index (χ0) is 38.2. The molecule has 4 nitrogen and oxygen atoms in total. The minimum Gasteiger partial charge on any atom is -0.445 e. The van der Waals surface area contributed by atoms with Gasteiger partial charge in [0.05, 0.1) is 7.76 Å². The molecule has 12 rings (SSSR count). The summed E-state index contributed by atoms with van der Waals surface area (Å²) < 4.78 is 27.7. The Morgan fingerprint density at radius 3 is 1.14 bits per heavy atom. The normalized spacial score (nSPS) is 11.8. The summed E-state index contributed by atoms with van der Waals surface area (Å²) >= 11 is 0. The van der Waals surface area contributed by atoms with Gasteiger partial charge in [0.25, 0.3) is 0 Å². The van der Waals surface area contributed by atoms with E-state index in [2.05, 4.69) is 158 Å². The maximum absolute atomic E-state index is 7.30. The predicted octanol–water partition coefficient (Wildman–Crippen LogP) is 16.5. The second-order valence-electron chi connectivity index (χ2n) is 14.6. The molecule has 0 N–H and O–H groups in total. The maximum Gasteiger partial charge on any atom is 0.453 e. The SMILES string of the molecule is c1ccc(-c2ccccc2Op2c3ccc4ccccc4c3c3c4ccccc4ccc32)c(Op2oc3ccc4ccccc4c3c3c(ccc4ccccc43)o2)c1. The van der Waals surface area contributed by atoms with E-state index < -0.39 is 16.0 Å². The van der Waals surface area contributed by atoms with Crippen LogP contribution in [0.1, 0.15) is 0 Å². The fraction of sp³-hybridized carbons (Fsp3) is 0. The molecule has 0 aliphatic rings. The Morgan fingerprint density at radius 1 is 0.310 bits per heavy atom. The second-order valence-corrected chi connectivity index (χ2v) is 17.3. The summed E-state index contributed by atoms with van der Waals surface area (Å²) in [7, 11) is -3.14. The van der Waals surface area contributed by atoms with Crippen LogP contribution in [0, 0.1) is 0 Å². The molecule has 6 heteroatoms. The third-order valence-electron chi connectivity index (χ3n) is 11.3. The van der Waals surface area contributed by atoms with Gasteiger partial charge in [-0.2, -0.15) is 0 Å². The molecule has 0 saturated heterocycles. The van der Waals surface area contributed by atoms with E-state index in [9.17, 15) is 0 Å². The lowest BCUT2D eigenvalue weighted by molar-refractivity contribution is 0.499. The smallest absolute Gasteiger partial charge is 0.445 e. The molecular weight excluding hydrogens is 751 g/mol. The molecule has 0 atom stereocenters. The summed E-state index contributed by atoms with van der Waals surface area (Å²) in [5, 5.41) is 16.4. The summed E-state index contributed by atoms with van der Waals surface area (Å²) in [6.45, 7) is 0. The molecule has 12 aromatic rings. The molecule has 10 aromatic carbocycles. The molecular formula is C52H32O4P2. The summed E-state index contributed by atoms with van der Waals surface area (Å²) in [6.07, 6.45) is 0. The van der Waals surface area contributed by atoms with E-state index in [0.29, 0.717) is 5.75 Å². The first-order chi connectivity index (χ1) is 28.8. The molecule has 0 aliphatic carbocycles. The Bertz CT molecular complexity index is 3470. The molecule has 0 spiro atoms. The average molecular weight is 783 g/mol. The van der Waals surface area contributed by atoms with Gasteiger partial charge in [-0.05, 0) is 79.5 Å². The molecule has 0 unspecified atom stereocenters. The van der Waals surface area contributed by atoms with Crippen LogP contribution in [-0.4, -0.2) is 0 Å². The molecule has 2 heterocycles. The highest BCUT2D eigenvalue weighted by Gasteiger charge is 2.21. The fourth-order valence-electron chi connectivity index (χ4n) is 8.72. The summed E-state index contributed by atoms with van der Waals surface area (Å²) in [6, 6.07) is 67.8. The standard InChI is InChI=1S/C52H32O4P2/c1-5-17-37-33(13-1)25-29-45-49(37)50-38-18-6-2-14-34(38)26-30-46(50)56-58(55-45)54-44-24-12-10-22-42(44)41-21-9-11-23-43(41)53-57-47-31-27-35-15-3-7-19-39(35)51(47)52-40-20-8-4-16-36(40)28-32-48(52)57/h1-32H. The zero-order valence-corrected chi connectivity index (χ0v) is 32.8. The highest BCUT2D eigenvalue weighted by atomic mass is 31.1. The highest BCUT2D eigenvalue weighted by molar-refractivity contribution is 7.57. The van der Waals surface area contributed by atoms with Gasteiger partial charge in [0, 0.05) is 42.9 Å². The quantitative estimate of drug-likeness (QED) is 0.174. The van der Waals surface area contributed by atoms with E-state index in [-0.39, 0.29) is 0 Å². The van der Waals surface area contributed by atoms with Crippen LogP contribution in [0.3, 0.4) is 0 Å². The maximum atomic E-state index is 7.30. The summed E-state index contributed by atoms with van der Waals surface area (Å²) in [4.78, 5) is 0. The third-order valence-corrected chi connectivity index (χ3v) is 14.3. The predicted molar refractivity (Wildman–Crippen MR) is 244 cm³/mol. The van der Waals surface area contributed by atoms with Gasteiger partial charge in [0.1, 0.15) is 22.7 Å². The van der Waals surface area contributed by atoms with Crippen molar-refractivity contribution in [2.24, 2.45) is 0 Å². The minimum atomic E-state index is -1.93. The molecule has 2 aromatic heterocycles. The van der Waals surface area contributed by atoms with Crippen LogP contribution in [0.2, 0.25) is 0 Å². The number of hydrogen-bond acceptors (Lipinski definition) is 4. The van der Waals surface area contributed by atoms with Gasteiger partial charge in [0.2, 0.25) is 0 Å². The Morgan fingerprint density at radius 2 is 0.672 bits per heavy atom. The molecule has 274 valence electrons. The van der Waals surface area contributed by atoms with E-state index in [1.165, 1.54) is 42.6 Å². The highest BCUT2D eigenvalue weighted by Crippen LogP contribution is 2.55. The van der Waals surface area contributed by atoms with Gasteiger partial charge < -0.3 is 17.4 Å².